The fourth-order valence-electron chi connectivity index (χ4n) is 2.98. The molecule has 0 spiro atoms. The predicted octanol–water partition coefficient (Wildman–Crippen LogP) is 0.450. The molecule has 3 atom stereocenters. The van der Waals surface area contributed by atoms with E-state index in [-0.39, 0.29) is 25.0 Å². The van der Waals surface area contributed by atoms with Crippen molar-refractivity contribution in [2.45, 2.75) is 44.7 Å². The lowest BCUT2D eigenvalue weighted by Gasteiger charge is -2.41. The number of hydrogen-bond donors (Lipinski definition) is 2. The van der Waals surface area contributed by atoms with Gasteiger partial charge in [-0.2, -0.15) is 0 Å². The fraction of sp³-hybridized carbons (Fsp3) is 0.833. The number of rotatable bonds is 2. The molecule has 2 N–H and O–H groups in total. The predicted molar refractivity (Wildman–Crippen MR) is 62.6 cm³/mol. The van der Waals surface area contributed by atoms with Crippen LogP contribution in [0.5, 0.6) is 0 Å². The molecule has 1 aliphatic heterocycles. The van der Waals surface area contributed by atoms with E-state index in [1.807, 2.05) is 4.90 Å². The summed E-state index contributed by atoms with van der Waals surface area (Å²) < 4.78 is 0. The fourth-order valence-corrected chi connectivity index (χ4v) is 2.98. The van der Waals surface area contributed by atoms with Gasteiger partial charge in [0.2, 0.25) is 5.91 Å². The van der Waals surface area contributed by atoms with Gasteiger partial charge in [-0.25, -0.2) is 0 Å². The van der Waals surface area contributed by atoms with Crippen LogP contribution in [0.1, 0.15) is 32.6 Å². The summed E-state index contributed by atoms with van der Waals surface area (Å²) in [6.45, 7) is 2.67. The Morgan fingerprint density at radius 2 is 2.24 bits per heavy atom. The molecule has 0 aromatic heterocycles. The Balaban J connectivity index is 2.08. The molecule has 2 fully saturated rings. The maximum atomic E-state index is 11.4. The van der Waals surface area contributed by atoms with Gasteiger partial charge in [0, 0.05) is 12.6 Å². The number of nitrogens with zero attached hydrogens (tertiary/aromatic N) is 1. The Labute approximate surface area is 101 Å². The van der Waals surface area contributed by atoms with Crippen LogP contribution in [0, 0.1) is 5.92 Å². The zero-order chi connectivity index (χ0) is 12.4. The molecule has 0 radical (unpaired) electrons. The molecule has 96 valence electrons. The van der Waals surface area contributed by atoms with Gasteiger partial charge in [0.15, 0.2) is 0 Å². The Morgan fingerprint density at radius 3 is 2.88 bits per heavy atom. The highest BCUT2D eigenvalue weighted by Crippen LogP contribution is 2.28. The lowest BCUT2D eigenvalue weighted by molar-refractivity contribution is -0.148. The minimum Gasteiger partial charge on any atom is -0.480 e. The molecular weight excluding hydrogens is 220 g/mol. The van der Waals surface area contributed by atoms with Crippen LogP contribution in [0.4, 0.5) is 0 Å². The highest BCUT2D eigenvalue weighted by atomic mass is 16.4. The van der Waals surface area contributed by atoms with Crippen molar-refractivity contribution in [2.24, 2.45) is 5.92 Å². The van der Waals surface area contributed by atoms with Gasteiger partial charge in [-0.1, -0.05) is 19.8 Å². The van der Waals surface area contributed by atoms with E-state index in [0.717, 1.165) is 19.3 Å². The number of carbonyl (C=O) groups excluding carboxylic acids is 1. The summed E-state index contributed by atoms with van der Waals surface area (Å²) in [4.78, 5) is 24.5. The van der Waals surface area contributed by atoms with Crippen LogP contribution in [-0.4, -0.2) is 47.1 Å². The lowest BCUT2D eigenvalue weighted by Crippen LogP contribution is -2.61. The number of nitrogens with one attached hydrogen (secondary N) is 1. The Bertz CT molecular complexity index is 319. The van der Waals surface area contributed by atoms with E-state index in [2.05, 4.69) is 12.2 Å². The van der Waals surface area contributed by atoms with Crippen molar-refractivity contribution >= 4 is 11.9 Å². The summed E-state index contributed by atoms with van der Waals surface area (Å²) in [6.07, 6.45) is 4.38. The van der Waals surface area contributed by atoms with Gasteiger partial charge in [-0.15, -0.1) is 0 Å². The number of hydrogen-bond acceptors (Lipinski definition) is 3. The van der Waals surface area contributed by atoms with Crippen LogP contribution in [0.15, 0.2) is 0 Å². The van der Waals surface area contributed by atoms with Crippen molar-refractivity contribution in [3.05, 3.63) is 0 Å². The number of carboxylic acid groups (broad SMARTS) is 1. The Morgan fingerprint density at radius 1 is 1.47 bits per heavy atom. The average molecular weight is 240 g/mol. The van der Waals surface area contributed by atoms with Crippen LogP contribution in [0.2, 0.25) is 0 Å². The molecule has 0 aromatic carbocycles. The van der Waals surface area contributed by atoms with Gasteiger partial charge in [-0.3, -0.25) is 14.5 Å². The molecular formula is C12H20N2O3. The highest BCUT2D eigenvalue weighted by molar-refractivity contribution is 5.83. The summed E-state index contributed by atoms with van der Waals surface area (Å²) in [5, 5.41) is 11.8. The van der Waals surface area contributed by atoms with E-state index in [4.69, 9.17) is 0 Å². The van der Waals surface area contributed by atoms with Crippen molar-refractivity contribution in [1.29, 1.82) is 0 Å². The molecule has 1 saturated carbocycles. The highest BCUT2D eigenvalue weighted by Gasteiger charge is 2.37. The lowest BCUT2D eigenvalue weighted by atomic mass is 9.85. The zero-order valence-electron chi connectivity index (χ0n) is 10.2. The van der Waals surface area contributed by atoms with Gasteiger partial charge in [0.25, 0.3) is 0 Å². The monoisotopic (exact) mass is 240 g/mol. The normalized spacial score (nSPS) is 35.4. The molecule has 1 saturated heterocycles. The molecule has 1 heterocycles. The van der Waals surface area contributed by atoms with Crippen LogP contribution in [0.25, 0.3) is 0 Å². The second kappa shape index (κ2) is 5.04. The molecule has 1 amide bonds. The van der Waals surface area contributed by atoms with E-state index < -0.39 is 12.0 Å². The number of carboxylic acids is 1. The summed E-state index contributed by atoms with van der Waals surface area (Å²) in [5.41, 5.74) is 0. The smallest absolute Gasteiger partial charge is 0.322 e. The standard InChI is InChI=1S/C12H20N2O3/c1-8-3-2-4-9(5-8)14-7-11(15)13-6-10(14)12(16)17/h8-10H,2-7H2,1H3,(H,13,15)(H,16,17). The third kappa shape index (κ3) is 2.77. The molecule has 0 aromatic rings. The third-order valence-corrected chi connectivity index (χ3v) is 3.88. The quantitative estimate of drug-likeness (QED) is 0.735. The number of amides is 1. The molecule has 3 unspecified atom stereocenters. The third-order valence-electron chi connectivity index (χ3n) is 3.88. The molecule has 2 rings (SSSR count). The topological polar surface area (TPSA) is 69.6 Å². The van der Waals surface area contributed by atoms with E-state index in [1.165, 1.54) is 6.42 Å². The molecule has 2 aliphatic rings. The Kier molecular flexibility index (Phi) is 3.66. The van der Waals surface area contributed by atoms with Crippen molar-refractivity contribution in [1.82, 2.24) is 10.2 Å². The van der Waals surface area contributed by atoms with Crippen LogP contribution < -0.4 is 5.32 Å². The van der Waals surface area contributed by atoms with E-state index in [1.54, 1.807) is 0 Å². The van der Waals surface area contributed by atoms with Gasteiger partial charge in [-0.05, 0) is 18.8 Å². The van der Waals surface area contributed by atoms with Crippen LogP contribution >= 0.6 is 0 Å². The summed E-state index contributed by atoms with van der Waals surface area (Å²) in [6, 6.07) is -0.297. The number of carbonyl (C=O) groups is 2. The molecule has 0 bridgehead atoms. The maximum absolute atomic E-state index is 11.4. The molecule has 1 aliphatic carbocycles. The van der Waals surface area contributed by atoms with Gasteiger partial charge in [0.05, 0.1) is 6.54 Å². The minimum atomic E-state index is -0.830. The first kappa shape index (κ1) is 12.4. The molecule has 5 heteroatoms. The SMILES string of the molecule is CC1CCCC(N2CC(=O)NCC2C(=O)O)C1. The summed E-state index contributed by atoms with van der Waals surface area (Å²) in [7, 11) is 0. The molecule has 17 heavy (non-hydrogen) atoms. The van der Waals surface area contributed by atoms with Gasteiger partial charge in [0.1, 0.15) is 6.04 Å². The largest absolute Gasteiger partial charge is 0.480 e. The van der Waals surface area contributed by atoms with E-state index in [9.17, 15) is 14.7 Å². The van der Waals surface area contributed by atoms with E-state index >= 15 is 0 Å². The first-order valence-corrected chi connectivity index (χ1v) is 6.33. The summed E-state index contributed by atoms with van der Waals surface area (Å²) >= 11 is 0. The van der Waals surface area contributed by atoms with Crippen molar-refractivity contribution < 1.29 is 14.7 Å². The molecule has 5 nitrogen and oxygen atoms in total. The average Bonchev–Trinajstić information content (AvgIpc) is 2.28. The second-order valence-corrected chi connectivity index (χ2v) is 5.26. The Hall–Kier alpha value is -1.10. The first-order chi connectivity index (χ1) is 8.08. The van der Waals surface area contributed by atoms with Gasteiger partial charge >= 0.3 is 5.97 Å². The zero-order valence-corrected chi connectivity index (χ0v) is 10.2. The first-order valence-electron chi connectivity index (χ1n) is 6.33. The second-order valence-electron chi connectivity index (χ2n) is 5.26. The number of piperazine rings is 1. The van der Waals surface area contributed by atoms with Gasteiger partial charge < -0.3 is 10.4 Å². The van der Waals surface area contributed by atoms with Crippen molar-refractivity contribution in [3.8, 4) is 0 Å². The number of aliphatic carboxylic acids is 1. The van der Waals surface area contributed by atoms with Crippen LogP contribution in [0.3, 0.4) is 0 Å². The summed E-state index contributed by atoms with van der Waals surface area (Å²) in [5.74, 6) is -0.253. The van der Waals surface area contributed by atoms with Crippen molar-refractivity contribution in [2.75, 3.05) is 13.1 Å². The van der Waals surface area contributed by atoms with Crippen molar-refractivity contribution in [3.63, 3.8) is 0 Å². The van der Waals surface area contributed by atoms with E-state index in [0.29, 0.717) is 5.92 Å². The van der Waals surface area contributed by atoms with Crippen LogP contribution in [-0.2, 0) is 9.59 Å². The minimum absolute atomic E-state index is 0.0549. The maximum Gasteiger partial charge on any atom is 0.322 e.